The van der Waals surface area contributed by atoms with Crippen molar-refractivity contribution in [2.75, 3.05) is 0 Å². The Morgan fingerprint density at radius 2 is 1.61 bits per heavy atom. The van der Waals surface area contributed by atoms with Gasteiger partial charge in [0, 0.05) is 22.9 Å². The third-order valence-corrected chi connectivity index (χ3v) is 4.11. The number of aldehydes is 1. The number of fused-ring (bicyclic) bond motifs is 1. The molecule has 28 heavy (non-hydrogen) atoms. The van der Waals surface area contributed by atoms with E-state index in [1.807, 2.05) is 0 Å². The highest BCUT2D eigenvalue weighted by atomic mass is 19.4. The molecule has 0 saturated heterocycles. The predicted octanol–water partition coefficient (Wildman–Crippen LogP) is 5.00. The van der Waals surface area contributed by atoms with Crippen LogP contribution in [-0.2, 0) is 0 Å². The molecule has 0 amide bonds. The number of nitrogens with one attached hydrogen (secondary N) is 1. The number of hydrogen-bond donors (Lipinski definition) is 1. The number of halogens is 3. The molecule has 0 radical (unpaired) electrons. The van der Waals surface area contributed by atoms with Crippen LogP contribution < -0.4 is 4.74 Å². The Morgan fingerprint density at radius 1 is 0.929 bits per heavy atom. The molecule has 2 aromatic carbocycles. The average Bonchev–Trinajstić information content (AvgIpc) is 3.12. The van der Waals surface area contributed by atoms with E-state index in [0.717, 1.165) is 17.4 Å². The Morgan fingerprint density at radius 3 is 2.25 bits per heavy atom. The van der Waals surface area contributed by atoms with Gasteiger partial charge in [-0.15, -0.1) is 13.2 Å². The zero-order valence-corrected chi connectivity index (χ0v) is 14.2. The molecule has 0 aliphatic rings. The molecule has 2 heterocycles. The van der Waals surface area contributed by atoms with Gasteiger partial charge in [0.1, 0.15) is 17.9 Å². The van der Waals surface area contributed by atoms with Gasteiger partial charge >= 0.3 is 6.36 Å². The first-order valence-electron chi connectivity index (χ1n) is 8.19. The topological polar surface area (TPSA) is 67.9 Å². The normalized spacial score (nSPS) is 11.5. The number of benzene rings is 2. The van der Waals surface area contributed by atoms with Crippen molar-refractivity contribution in [3.05, 3.63) is 66.4 Å². The molecule has 1 N–H and O–H groups in total. The standard InChI is InChI=1S/C20H12F3N3O2/c21-20(22,23)28-15-7-5-13(6-8-15)16-9-10-24-19-17(16)25-18(26-19)14-3-1-12(11-27)2-4-14/h1-11H,(H,24,25,26). The van der Waals surface area contributed by atoms with E-state index in [9.17, 15) is 18.0 Å². The van der Waals surface area contributed by atoms with Gasteiger partial charge in [-0.3, -0.25) is 4.79 Å². The van der Waals surface area contributed by atoms with Crippen LogP contribution in [0.15, 0.2) is 60.8 Å². The van der Waals surface area contributed by atoms with E-state index >= 15 is 0 Å². The van der Waals surface area contributed by atoms with Gasteiger partial charge in [-0.25, -0.2) is 9.97 Å². The van der Waals surface area contributed by atoms with E-state index in [1.54, 1.807) is 36.5 Å². The lowest BCUT2D eigenvalue weighted by molar-refractivity contribution is -0.274. The Kier molecular flexibility index (Phi) is 4.31. The summed E-state index contributed by atoms with van der Waals surface area (Å²) in [6.07, 6.45) is -2.39. The molecule has 0 aliphatic heterocycles. The van der Waals surface area contributed by atoms with Crippen LogP contribution in [0.3, 0.4) is 0 Å². The Labute approximate surface area is 156 Å². The zero-order valence-electron chi connectivity index (χ0n) is 14.2. The highest BCUT2D eigenvalue weighted by Crippen LogP contribution is 2.31. The van der Waals surface area contributed by atoms with Gasteiger partial charge in [0.15, 0.2) is 5.65 Å². The van der Waals surface area contributed by atoms with Crippen molar-refractivity contribution < 1.29 is 22.7 Å². The summed E-state index contributed by atoms with van der Waals surface area (Å²) in [7, 11) is 0. The number of pyridine rings is 1. The summed E-state index contributed by atoms with van der Waals surface area (Å²) in [6.45, 7) is 0. The molecule has 0 fully saturated rings. The van der Waals surface area contributed by atoms with Gasteiger partial charge < -0.3 is 9.72 Å². The van der Waals surface area contributed by atoms with Gasteiger partial charge in [-0.1, -0.05) is 36.4 Å². The van der Waals surface area contributed by atoms with Crippen LogP contribution in [0.25, 0.3) is 33.7 Å². The molecule has 0 atom stereocenters. The summed E-state index contributed by atoms with van der Waals surface area (Å²) in [6, 6.07) is 14.2. The number of aromatic amines is 1. The second-order valence-electron chi connectivity index (χ2n) is 5.95. The maximum Gasteiger partial charge on any atom is 0.573 e. The van der Waals surface area contributed by atoms with E-state index in [2.05, 4.69) is 19.7 Å². The van der Waals surface area contributed by atoms with Crippen molar-refractivity contribution in [3.8, 4) is 28.3 Å². The third-order valence-electron chi connectivity index (χ3n) is 4.11. The number of hydrogen-bond acceptors (Lipinski definition) is 4. The molecule has 2 aromatic heterocycles. The zero-order chi connectivity index (χ0) is 19.7. The fraction of sp³-hybridized carbons (Fsp3) is 0.0500. The van der Waals surface area contributed by atoms with E-state index < -0.39 is 6.36 Å². The number of nitrogens with zero attached hydrogens (tertiary/aromatic N) is 2. The van der Waals surface area contributed by atoms with Crippen LogP contribution in [0.2, 0.25) is 0 Å². The minimum absolute atomic E-state index is 0.290. The summed E-state index contributed by atoms with van der Waals surface area (Å²) >= 11 is 0. The van der Waals surface area contributed by atoms with Crippen LogP contribution in [0.4, 0.5) is 13.2 Å². The first-order valence-corrected chi connectivity index (χ1v) is 8.19. The second-order valence-corrected chi connectivity index (χ2v) is 5.95. The first kappa shape index (κ1) is 17.7. The fourth-order valence-electron chi connectivity index (χ4n) is 2.84. The third kappa shape index (κ3) is 3.57. The number of carbonyl (C=O) groups is 1. The minimum Gasteiger partial charge on any atom is -0.406 e. The molecule has 140 valence electrons. The summed E-state index contributed by atoms with van der Waals surface area (Å²) in [5, 5.41) is 0. The summed E-state index contributed by atoms with van der Waals surface area (Å²) < 4.78 is 40.9. The molecular weight excluding hydrogens is 371 g/mol. The molecule has 0 bridgehead atoms. The summed E-state index contributed by atoms with van der Waals surface area (Å²) in [5.41, 5.74) is 3.90. The molecule has 0 unspecified atom stereocenters. The molecule has 0 aliphatic carbocycles. The maximum atomic E-state index is 12.3. The Hall–Kier alpha value is -3.68. The number of rotatable bonds is 4. The van der Waals surface area contributed by atoms with Crippen LogP contribution >= 0.6 is 0 Å². The molecule has 8 heteroatoms. The van der Waals surface area contributed by atoms with Gasteiger partial charge in [-0.05, 0) is 23.8 Å². The lowest BCUT2D eigenvalue weighted by Gasteiger charge is -2.09. The van der Waals surface area contributed by atoms with Crippen molar-refractivity contribution >= 4 is 17.5 Å². The van der Waals surface area contributed by atoms with Gasteiger partial charge in [-0.2, -0.15) is 0 Å². The number of alkyl halides is 3. The lowest BCUT2D eigenvalue weighted by Crippen LogP contribution is -2.16. The number of ether oxygens (including phenoxy) is 1. The van der Waals surface area contributed by atoms with E-state index in [-0.39, 0.29) is 5.75 Å². The van der Waals surface area contributed by atoms with E-state index in [4.69, 9.17) is 0 Å². The molecule has 0 saturated carbocycles. The van der Waals surface area contributed by atoms with Gasteiger partial charge in [0.25, 0.3) is 0 Å². The Balaban J connectivity index is 1.71. The monoisotopic (exact) mass is 383 g/mol. The van der Waals surface area contributed by atoms with Crippen molar-refractivity contribution in [2.45, 2.75) is 6.36 Å². The SMILES string of the molecule is O=Cc1ccc(-c2nc3nccc(-c4ccc(OC(F)(F)F)cc4)c3[nH]2)cc1. The maximum absolute atomic E-state index is 12.3. The first-order chi connectivity index (χ1) is 13.4. The van der Waals surface area contributed by atoms with E-state index in [0.29, 0.717) is 28.1 Å². The number of aromatic nitrogens is 3. The van der Waals surface area contributed by atoms with Gasteiger partial charge in [0.05, 0.1) is 5.52 Å². The van der Waals surface area contributed by atoms with Crippen molar-refractivity contribution in [1.29, 1.82) is 0 Å². The molecule has 4 aromatic rings. The Bertz CT molecular complexity index is 1130. The predicted molar refractivity (Wildman–Crippen MR) is 96.8 cm³/mol. The van der Waals surface area contributed by atoms with Crippen LogP contribution in [0.5, 0.6) is 5.75 Å². The molecule has 5 nitrogen and oxygen atoms in total. The lowest BCUT2D eigenvalue weighted by atomic mass is 10.1. The van der Waals surface area contributed by atoms with Crippen molar-refractivity contribution in [1.82, 2.24) is 15.0 Å². The number of carbonyl (C=O) groups excluding carboxylic acids is 1. The number of imidazole rings is 1. The van der Waals surface area contributed by atoms with Crippen molar-refractivity contribution in [3.63, 3.8) is 0 Å². The average molecular weight is 383 g/mol. The minimum atomic E-state index is -4.73. The summed E-state index contributed by atoms with van der Waals surface area (Å²) in [4.78, 5) is 22.7. The number of H-pyrrole nitrogens is 1. The largest absolute Gasteiger partial charge is 0.573 e. The van der Waals surface area contributed by atoms with Crippen LogP contribution in [0.1, 0.15) is 10.4 Å². The van der Waals surface area contributed by atoms with Crippen LogP contribution in [0, 0.1) is 0 Å². The molecular formula is C20H12F3N3O2. The quantitative estimate of drug-likeness (QED) is 0.504. The molecule has 4 rings (SSSR count). The molecule has 0 spiro atoms. The fourth-order valence-corrected chi connectivity index (χ4v) is 2.84. The summed E-state index contributed by atoms with van der Waals surface area (Å²) in [5.74, 6) is 0.284. The van der Waals surface area contributed by atoms with Gasteiger partial charge in [0.2, 0.25) is 0 Å². The highest BCUT2D eigenvalue weighted by molar-refractivity contribution is 5.91. The van der Waals surface area contributed by atoms with Crippen LogP contribution in [-0.4, -0.2) is 27.6 Å². The second kappa shape index (κ2) is 6.80. The smallest absolute Gasteiger partial charge is 0.406 e. The van der Waals surface area contributed by atoms with E-state index in [1.165, 1.54) is 24.3 Å². The highest BCUT2D eigenvalue weighted by Gasteiger charge is 2.31. The van der Waals surface area contributed by atoms with Crippen molar-refractivity contribution in [2.24, 2.45) is 0 Å².